The van der Waals surface area contributed by atoms with E-state index in [2.05, 4.69) is 0 Å². The van der Waals surface area contributed by atoms with Crippen LogP contribution in [0.2, 0.25) is 0 Å². The van der Waals surface area contributed by atoms with Crippen LogP contribution in [0.3, 0.4) is 0 Å². The van der Waals surface area contributed by atoms with Gasteiger partial charge in [0, 0.05) is 44.1 Å². The zero-order valence-electron chi connectivity index (χ0n) is 16.2. The number of alkyl halides is 2. The maximum Gasteiger partial charge on any atom is 0.271 e. The minimum atomic E-state index is -3.28. The van der Waals surface area contributed by atoms with E-state index in [1.807, 2.05) is 6.07 Å². The lowest BCUT2D eigenvalue weighted by Crippen LogP contribution is -2.18. The van der Waals surface area contributed by atoms with Gasteiger partial charge >= 0.3 is 0 Å². The minimum absolute atomic E-state index is 0.224. The standard InChI is InChI=1S/C21H23F2NO3S/c1-21(22,23)19(11-12-25)18-14-16(7-10-20(18)24(2)3)13-15-5-8-17(9-6-15)28(4,26)27/h5-12,14H,13H2,1-4H3/b19-11+. The maximum atomic E-state index is 14.1. The molecule has 28 heavy (non-hydrogen) atoms. The van der Waals surface area contributed by atoms with E-state index < -0.39 is 15.8 Å². The molecule has 2 rings (SSSR count). The Morgan fingerprint density at radius 1 is 1.07 bits per heavy atom. The third kappa shape index (κ3) is 5.25. The van der Waals surface area contributed by atoms with Crippen LogP contribution in [0, 0.1) is 0 Å². The van der Waals surface area contributed by atoms with Gasteiger partial charge in [-0.15, -0.1) is 0 Å². The van der Waals surface area contributed by atoms with Crippen LogP contribution < -0.4 is 4.90 Å². The molecule has 0 aliphatic heterocycles. The molecule has 0 N–H and O–H groups in total. The van der Waals surface area contributed by atoms with E-state index in [-0.39, 0.29) is 16.0 Å². The second kappa shape index (κ2) is 8.22. The molecular weight excluding hydrogens is 384 g/mol. The summed E-state index contributed by atoms with van der Waals surface area (Å²) in [6.45, 7) is 0.762. The Balaban J connectivity index is 2.47. The van der Waals surface area contributed by atoms with Gasteiger partial charge in [0.2, 0.25) is 0 Å². The molecule has 150 valence electrons. The molecule has 0 aliphatic carbocycles. The number of benzene rings is 2. The highest BCUT2D eigenvalue weighted by Crippen LogP contribution is 2.37. The Bertz CT molecular complexity index is 989. The predicted octanol–water partition coefficient (Wildman–Crippen LogP) is 3.98. The lowest BCUT2D eigenvalue weighted by molar-refractivity contribution is -0.104. The molecule has 0 fully saturated rings. The normalized spacial score (nSPS) is 12.7. The molecule has 0 saturated carbocycles. The van der Waals surface area contributed by atoms with E-state index in [0.29, 0.717) is 18.4 Å². The summed E-state index contributed by atoms with van der Waals surface area (Å²) in [7, 11) is 0.212. The van der Waals surface area contributed by atoms with Crippen LogP contribution in [0.5, 0.6) is 0 Å². The number of rotatable bonds is 7. The van der Waals surface area contributed by atoms with Crippen molar-refractivity contribution >= 4 is 27.4 Å². The molecule has 7 heteroatoms. The van der Waals surface area contributed by atoms with E-state index in [9.17, 15) is 22.0 Å². The molecule has 0 atom stereocenters. The highest BCUT2D eigenvalue weighted by molar-refractivity contribution is 7.90. The van der Waals surface area contributed by atoms with Gasteiger partial charge in [0.15, 0.2) is 9.84 Å². The summed E-state index contributed by atoms with van der Waals surface area (Å²) < 4.78 is 51.4. The summed E-state index contributed by atoms with van der Waals surface area (Å²) in [4.78, 5) is 12.9. The molecule has 0 aliphatic rings. The summed E-state index contributed by atoms with van der Waals surface area (Å²) in [6.07, 6.45) is 2.84. The van der Waals surface area contributed by atoms with Gasteiger partial charge in [0.1, 0.15) is 6.29 Å². The molecule has 0 heterocycles. The highest BCUT2D eigenvalue weighted by Gasteiger charge is 2.30. The first-order valence-corrected chi connectivity index (χ1v) is 10.5. The molecule has 0 amide bonds. The van der Waals surface area contributed by atoms with E-state index >= 15 is 0 Å². The molecule has 0 bridgehead atoms. The number of halogens is 2. The summed E-state index contributed by atoms with van der Waals surface area (Å²) in [5.74, 6) is -3.18. The molecule has 2 aromatic rings. The number of nitrogens with zero attached hydrogens (tertiary/aromatic N) is 1. The summed E-state index contributed by atoms with van der Waals surface area (Å²) in [6, 6.07) is 11.7. The van der Waals surface area contributed by atoms with Crippen molar-refractivity contribution in [3.05, 3.63) is 65.2 Å². The van der Waals surface area contributed by atoms with Crippen LogP contribution >= 0.6 is 0 Å². The Morgan fingerprint density at radius 3 is 2.11 bits per heavy atom. The van der Waals surface area contributed by atoms with Crippen LogP contribution in [0.4, 0.5) is 14.5 Å². The van der Waals surface area contributed by atoms with Crippen molar-refractivity contribution in [2.24, 2.45) is 0 Å². The third-order valence-electron chi connectivity index (χ3n) is 4.30. The molecule has 0 radical (unpaired) electrons. The van der Waals surface area contributed by atoms with Crippen molar-refractivity contribution < 1.29 is 22.0 Å². The summed E-state index contributed by atoms with van der Waals surface area (Å²) >= 11 is 0. The molecule has 4 nitrogen and oxygen atoms in total. The van der Waals surface area contributed by atoms with Crippen molar-refractivity contribution in [1.29, 1.82) is 0 Å². The van der Waals surface area contributed by atoms with Crippen LogP contribution in [0.1, 0.15) is 23.6 Å². The number of carbonyl (C=O) groups excluding carboxylic acids is 1. The van der Waals surface area contributed by atoms with Gasteiger partial charge in [-0.1, -0.05) is 18.2 Å². The van der Waals surface area contributed by atoms with Crippen molar-refractivity contribution in [3.8, 4) is 0 Å². The van der Waals surface area contributed by atoms with Gasteiger partial charge in [-0.25, -0.2) is 17.2 Å². The maximum absolute atomic E-state index is 14.1. The minimum Gasteiger partial charge on any atom is -0.377 e. The number of allylic oxidation sites excluding steroid dienone is 2. The van der Waals surface area contributed by atoms with Crippen LogP contribution in [-0.4, -0.2) is 41.0 Å². The molecule has 0 unspecified atom stereocenters. The van der Waals surface area contributed by atoms with Gasteiger partial charge in [-0.3, -0.25) is 4.79 Å². The summed E-state index contributed by atoms with van der Waals surface area (Å²) in [5.41, 5.74) is 2.13. The molecule has 0 aromatic heterocycles. The lowest BCUT2D eigenvalue weighted by Gasteiger charge is -2.23. The van der Waals surface area contributed by atoms with Crippen molar-refractivity contribution in [2.75, 3.05) is 25.3 Å². The third-order valence-corrected chi connectivity index (χ3v) is 5.43. The van der Waals surface area contributed by atoms with Crippen molar-refractivity contribution in [2.45, 2.75) is 24.2 Å². The Labute approximate surface area is 164 Å². The first kappa shape index (κ1) is 21.8. The number of aldehydes is 1. The molecular formula is C21H23F2NO3S. The number of anilines is 1. The van der Waals surface area contributed by atoms with Crippen LogP contribution in [0.15, 0.2) is 53.4 Å². The first-order valence-electron chi connectivity index (χ1n) is 8.57. The van der Waals surface area contributed by atoms with Gasteiger partial charge in [0.05, 0.1) is 4.90 Å². The monoisotopic (exact) mass is 407 g/mol. The lowest BCUT2D eigenvalue weighted by atomic mass is 9.94. The zero-order chi connectivity index (χ0) is 21.1. The first-order chi connectivity index (χ1) is 12.9. The second-order valence-electron chi connectivity index (χ2n) is 6.94. The van der Waals surface area contributed by atoms with Crippen molar-refractivity contribution in [1.82, 2.24) is 0 Å². The Kier molecular flexibility index (Phi) is 6.39. The van der Waals surface area contributed by atoms with E-state index in [1.54, 1.807) is 43.3 Å². The van der Waals surface area contributed by atoms with Gasteiger partial charge in [-0.2, -0.15) is 0 Å². The van der Waals surface area contributed by atoms with Crippen LogP contribution in [-0.2, 0) is 21.1 Å². The highest BCUT2D eigenvalue weighted by atomic mass is 32.2. The van der Waals surface area contributed by atoms with Gasteiger partial charge in [0.25, 0.3) is 5.92 Å². The number of hydrogen-bond donors (Lipinski definition) is 0. The average Bonchev–Trinajstić information content (AvgIpc) is 2.58. The SMILES string of the molecule is CN(C)c1ccc(Cc2ccc(S(C)(=O)=O)cc2)cc1/C(=C\C=O)C(C)(F)F. The van der Waals surface area contributed by atoms with E-state index in [1.165, 1.54) is 12.1 Å². The number of carbonyl (C=O) groups is 1. The summed E-state index contributed by atoms with van der Waals surface area (Å²) in [5, 5.41) is 0. The van der Waals surface area contributed by atoms with E-state index in [4.69, 9.17) is 0 Å². The average molecular weight is 407 g/mol. The second-order valence-corrected chi connectivity index (χ2v) is 8.96. The van der Waals surface area contributed by atoms with E-state index in [0.717, 1.165) is 30.4 Å². The fourth-order valence-electron chi connectivity index (χ4n) is 2.93. The van der Waals surface area contributed by atoms with Crippen LogP contribution in [0.25, 0.3) is 5.57 Å². The largest absolute Gasteiger partial charge is 0.377 e. The molecule has 2 aromatic carbocycles. The number of sulfone groups is 1. The quantitative estimate of drug-likeness (QED) is 0.515. The van der Waals surface area contributed by atoms with Gasteiger partial charge < -0.3 is 4.90 Å². The molecule has 0 spiro atoms. The van der Waals surface area contributed by atoms with Gasteiger partial charge in [-0.05, 0) is 47.9 Å². The smallest absolute Gasteiger partial charge is 0.271 e. The fraction of sp³-hybridized carbons (Fsp3) is 0.286. The number of hydrogen-bond acceptors (Lipinski definition) is 4. The fourth-order valence-corrected chi connectivity index (χ4v) is 3.56. The Morgan fingerprint density at radius 2 is 1.64 bits per heavy atom. The van der Waals surface area contributed by atoms with Crippen molar-refractivity contribution in [3.63, 3.8) is 0 Å². The topological polar surface area (TPSA) is 54.5 Å². The predicted molar refractivity (Wildman–Crippen MR) is 108 cm³/mol. The Hall–Kier alpha value is -2.54. The zero-order valence-corrected chi connectivity index (χ0v) is 17.1. The molecule has 0 saturated heterocycles.